The molecule has 1 amide bonds. The molecule has 1 aliphatic rings. The van der Waals surface area contributed by atoms with E-state index in [9.17, 15) is 9.90 Å². The van der Waals surface area contributed by atoms with Crippen molar-refractivity contribution in [3.63, 3.8) is 0 Å². The molecule has 1 N–H and O–H groups in total. The van der Waals surface area contributed by atoms with E-state index in [0.717, 1.165) is 31.5 Å². The standard InChI is InChI=1S/C18H27NO2/c1-18(2,3)13-16(20)19-11-9-15(10-12-19)17(21)14-7-5-4-6-8-14/h4-8,15,17,21H,9-13H2,1-3H3/t17-/m0/s1. The van der Waals surface area contributed by atoms with Crippen molar-refractivity contribution in [2.24, 2.45) is 11.3 Å². The van der Waals surface area contributed by atoms with Crippen LogP contribution in [0.15, 0.2) is 30.3 Å². The second-order valence-electron chi connectivity index (χ2n) is 7.31. The average molecular weight is 289 g/mol. The summed E-state index contributed by atoms with van der Waals surface area (Å²) in [7, 11) is 0. The van der Waals surface area contributed by atoms with Gasteiger partial charge in [0.2, 0.25) is 5.91 Å². The molecule has 0 unspecified atom stereocenters. The van der Waals surface area contributed by atoms with E-state index in [1.807, 2.05) is 35.2 Å². The van der Waals surface area contributed by atoms with Gasteiger partial charge in [0, 0.05) is 19.5 Å². The lowest BCUT2D eigenvalue weighted by Crippen LogP contribution is -2.41. The van der Waals surface area contributed by atoms with Gasteiger partial charge in [0.15, 0.2) is 0 Å². The number of hydrogen-bond donors (Lipinski definition) is 1. The van der Waals surface area contributed by atoms with Crippen molar-refractivity contribution in [1.29, 1.82) is 0 Å². The van der Waals surface area contributed by atoms with Crippen molar-refractivity contribution in [2.45, 2.75) is 46.1 Å². The normalized spacial score (nSPS) is 18.6. The van der Waals surface area contributed by atoms with E-state index in [0.29, 0.717) is 6.42 Å². The van der Waals surface area contributed by atoms with Gasteiger partial charge in [-0.1, -0.05) is 51.1 Å². The van der Waals surface area contributed by atoms with Crippen molar-refractivity contribution in [1.82, 2.24) is 4.90 Å². The third kappa shape index (κ3) is 4.57. The van der Waals surface area contributed by atoms with Crippen molar-refractivity contribution in [3.8, 4) is 0 Å². The van der Waals surface area contributed by atoms with Crippen molar-refractivity contribution in [3.05, 3.63) is 35.9 Å². The maximum absolute atomic E-state index is 12.2. The first kappa shape index (κ1) is 16.0. The molecule has 3 nitrogen and oxygen atoms in total. The van der Waals surface area contributed by atoms with Gasteiger partial charge in [-0.25, -0.2) is 0 Å². The van der Waals surface area contributed by atoms with Gasteiger partial charge in [-0.3, -0.25) is 4.79 Å². The Morgan fingerprint density at radius 1 is 1.24 bits per heavy atom. The second-order valence-corrected chi connectivity index (χ2v) is 7.31. The quantitative estimate of drug-likeness (QED) is 0.926. The van der Waals surface area contributed by atoms with Gasteiger partial charge in [0.1, 0.15) is 0 Å². The van der Waals surface area contributed by atoms with Crippen molar-refractivity contribution < 1.29 is 9.90 Å². The Morgan fingerprint density at radius 2 is 1.81 bits per heavy atom. The fourth-order valence-corrected chi connectivity index (χ4v) is 2.95. The van der Waals surface area contributed by atoms with Crippen LogP contribution in [0.4, 0.5) is 0 Å². The number of nitrogens with zero attached hydrogens (tertiary/aromatic N) is 1. The molecule has 1 saturated heterocycles. The van der Waals surface area contributed by atoms with Crippen molar-refractivity contribution >= 4 is 5.91 Å². The molecule has 0 aromatic heterocycles. The van der Waals surface area contributed by atoms with E-state index >= 15 is 0 Å². The molecule has 2 rings (SSSR count). The van der Waals surface area contributed by atoms with Gasteiger partial charge < -0.3 is 10.0 Å². The molecule has 1 heterocycles. The van der Waals surface area contributed by atoms with Gasteiger partial charge in [-0.05, 0) is 29.7 Å². The van der Waals surface area contributed by atoms with Gasteiger partial charge in [-0.2, -0.15) is 0 Å². The number of aliphatic hydroxyl groups is 1. The van der Waals surface area contributed by atoms with Gasteiger partial charge in [-0.15, -0.1) is 0 Å². The summed E-state index contributed by atoms with van der Waals surface area (Å²) in [5.41, 5.74) is 1.02. The van der Waals surface area contributed by atoms with Crippen LogP contribution in [0.5, 0.6) is 0 Å². The molecular formula is C18H27NO2. The summed E-state index contributed by atoms with van der Waals surface area (Å²) in [6.07, 6.45) is 1.95. The molecule has 1 fully saturated rings. The van der Waals surface area contributed by atoms with Crippen LogP contribution in [0.1, 0.15) is 51.7 Å². The zero-order valence-corrected chi connectivity index (χ0v) is 13.4. The lowest BCUT2D eigenvalue weighted by atomic mass is 9.86. The van der Waals surface area contributed by atoms with Crippen LogP contribution in [-0.2, 0) is 4.79 Å². The fourth-order valence-electron chi connectivity index (χ4n) is 2.95. The highest BCUT2D eigenvalue weighted by Gasteiger charge is 2.29. The fraction of sp³-hybridized carbons (Fsp3) is 0.611. The maximum atomic E-state index is 12.2. The Morgan fingerprint density at radius 3 is 2.33 bits per heavy atom. The minimum atomic E-state index is -0.411. The Balaban J connectivity index is 1.87. The Labute approximate surface area is 128 Å². The van der Waals surface area contributed by atoms with Gasteiger partial charge >= 0.3 is 0 Å². The van der Waals surface area contributed by atoms with Crippen LogP contribution in [0.3, 0.4) is 0 Å². The monoisotopic (exact) mass is 289 g/mol. The summed E-state index contributed by atoms with van der Waals surface area (Å²) < 4.78 is 0. The van der Waals surface area contributed by atoms with Crippen molar-refractivity contribution in [2.75, 3.05) is 13.1 Å². The highest BCUT2D eigenvalue weighted by molar-refractivity contribution is 5.76. The third-order valence-electron chi connectivity index (χ3n) is 4.16. The first-order valence-electron chi connectivity index (χ1n) is 7.87. The topological polar surface area (TPSA) is 40.5 Å². The van der Waals surface area contributed by atoms with Crippen LogP contribution in [0.25, 0.3) is 0 Å². The maximum Gasteiger partial charge on any atom is 0.223 e. The SMILES string of the molecule is CC(C)(C)CC(=O)N1CCC([C@@H](O)c2ccccc2)CC1. The second kappa shape index (κ2) is 6.61. The lowest BCUT2D eigenvalue weighted by molar-refractivity contribution is -0.135. The number of piperidine rings is 1. The molecular weight excluding hydrogens is 262 g/mol. The smallest absolute Gasteiger partial charge is 0.223 e. The number of benzene rings is 1. The highest BCUT2D eigenvalue weighted by atomic mass is 16.3. The average Bonchev–Trinajstić information content (AvgIpc) is 2.46. The molecule has 1 atom stereocenters. The summed E-state index contributed by atoms with van der Waals surface area (Å²) >= 11 is 0. The molecule has 0 aliphatic carbocycles. The minimum Gasteiger partial charge on any atom is -0.388 e. The zero-order valence-electron chi connectivity index (χ0n) is 13.4. The predicted octanol–water partition coefficient (Wildman–Crippen LogP) is 3.39. The molecule has 1 aromatic rings. The van der Waals surface area contributed by atoms with E-state index in [4.69, 9.17) is 0 Å². The highest BCUT2D eigenvalue weighted by Crippen LogP contribution is 2.31. The molecule has 0 saturated carbocycles. The number of carbonyl (C=O) groups excluding carboxylic acids is 1. The number of carbonyl (C=O) groups is 1. The van der Waals surface area contributed by atoms with E-state index in [1.54, 1.807) is 0 Å². The zero-order chi connectivity index (χ0) is 15.5. The summed E-state index contributed by atoms with van der Waals surface area (Å²) in [6.45, 7) is 7.82. The van der Waals surface area contributed by atoms with E-state index in [1.165, 1.54) is 0 Å². The predicted molar refractivity (Wildman–Crippen MR) is 84.8 cm³/mol. The van der Waals surface area contributed by atoms with Gasteiger partial charge in [0.25, 0.3) is 0 Å². The first-order valence-corrected chi connectivity index (χ1v) is 7.87. The Hall–Kier alpha value is -1.35. The largest absolute Gasteiger partial charge is 0.388 e. The number of amides is 1. The number of rotatable bonds is 3. The lowest BCUT2D eigenvalue weighted by Gasteiger charge is -2.35. The Bertz CT molecular complexity index is 456. The molecule has 1 aliphatic heterocycles. The summed E-state index contributed by atoms with van der Waals surface area (Å²) in [6, 6.07) is 9.83. The molecule has 1 aromatic carbocycles. The molecule has 0 bridgehead atoms. The number of likely N-dealkylation sites (tertiary alicyclic amines) is 1. The summed E-state index contributed by atoms with van der Waals surface area (Å²) in [5.74, 6) is 0.501. The van der Waals surface area contributed by atoms with Crippen LogP contribution >= 0.6 is 0 Å². The first-order chi connectivity index (χ1) is 9.87. The van der Waals surface area contributed by atoms with Gasteiger partial charge in [0.05, 0.1) is 6.10 Å². The third-order valence-corrected chi connectivity index (χ3v) is 4.16. The van der Waals surface area contributed by atoms with Crippen LogP contribution in [0.2, 0.25) is 0 Å². The van der Waals surface area contributed by atoms with E-state index in [2.05, 4.69) is 20.8 Å². The van der Waals surface area contributed by atoms with Crippen LogP contribution < -0.4 is 0 Å². The molecule has 3 heteroatoms. The minimum absolute atomic E-state index is 0.0392. The molecule has 0 spiro atoms. The Kier molecular flexibility index (Phi) is 5.04. The van der Waals surface area contributed by atoms with Crippen LogP contribution in [-0.4, -0.2) is 29.0 Å². The molecule has 116 valence electrons. The van der Waals surface area contributed by atoms with Crippen LogP contribution in [0, 0.1) is 11.3 Å². The molecule has 21 heavy (non-hydrogen) atoms. The summed E-state index contributed by atoms with van der Waals surface area (Å²) in [5, 5.41) is 10.5. The summed E-state index contributed by atoms with van der Waals surface area (Å²) in [4.78, 5) is 14.2. The van der Waals surface area contributed by atoms with E-state index in [-0.39, 0.29) is 17.2 Å². The van der Waals surface area contributed by atoms with E-state index < -0.39 is 6.10 Å². The number of hydrogen-bond acceptors (Lipinski definition) is 2. The molecule has 0 radical (unpaired) electrons. The number of aliphatic hydroxyl groups excluding tert-OH is 1.